The van der Waals surface area contributed by atoms with Gasteiger partial charge in [-0.1, -0.05) is 0 Å². The van der Waals surface area contributed by atoms with Crippen molar-refractivity contribution in [2.75, 3.05) is 20.0 Å². The molecular weight excluding hydrogens is 168 g/mol. The molecule has 0 saturated heterocycles. The van der Waals surface area contributed by atoms with Gasteiger partial charge in [-0.3, -0.25) is 4.90 Å². The van der Waals surface area contributed by atoms with Crippen LogP contribution in [-0.4, -0.2) is 30.4 Å². The Labute approximate surface area is 66.4 Å². The molecule has 8 heavy (non-hydrogen) atoms. The van der Waals surface area contributed by atoms with Gasteiger partial charge in [0, 0.05) is 0 Å². The zero-order valence-corrected chi connectivity index (χ0v) is 7.22. The van der Waals surface area contributed by atoms with Crippen LogP contribution in [0.3, 0.4) is 0 Å². The number of hydrogen-bond acceptors (Lipinski definition) is 1. The van der Waals surface area contributed by atoms with E-state index < -0.39 is 0 Å². The van der Waals surface area contributed by atoms with Crippen molar-refractivity contribution >= 4 is 35.6 Å². The SMILES string of the molecule is CN(C)C(Cl)CCl.Cl. The Morgan fingerprint density at radius 3 is 1.88 bits per heavy atom. The fourth-order valence-corrected chi connectivity index (χ4v) is 0.414. The molecule has 0 amide bonds. The summed E-state index contributed by atoms with van der Waals surface area (Å²) in [6.07, 6.45) is 0. The molecule has 0 heterocycles. The largest absolute Gasteiger partial charge is 0.293 e. The van der Waals surface area contributed by atoms with Gasteiger partial charge in [0.1, 0.15) is 0 Å². The molecule has 0 fully saturated rings. The van der Waals surface area contributed by atoms with Gasteiger partial charge < -0.3 is 0 Å². The number of rotatable bonds is 2. The van der Waals surface area contributed by atoms with E-state index in [4.69, 9.17) is 23.2 Å². The minimum atomic E-state index is -0.0262. The van der Waals surface area contributed by atoms with Gasteiger partial charge >= 0.3 is 0 Å². The first kappa shape index (κ1) is 11.6. The molecule has 0 aliphatic heterocycles. The normalized spacial score (nSPS) is 13.1. The average molecular weight is 178 g/mol. The highest BCUT2D eigenvalue weighted by atomic mass is 35.5. The second-order valence-electron chi connectivity index (χ2n) is 1.55. The van der Waals surface area contributed by atoms with Crippen molar-refractivity contribution in [3.8, 4) is 0 Å². The van der Waals surface area contributed by atoms with Gasteiger partial charge in [-0.2, -0.15) is 0 Å². The van der Waals surface area contributed by atoms with Crippen molar-refractivity contribution in [2.45, 2.75) is 5.50 Å². The standard InChI is InChI=1S/C4H9Cl2N.ClH/c1-7(2)4(6)3-5;/h4H,3H2,1-2H3;1H. The second-order valence-corrected chi connectivity index (χ2v) is 2.36. The van der Waals surface area contributed by atoms with Gasteiger partial charge in [-0.05, 0) is 14.1 Å². The van der Waals surface area contributed by atoms with Gasteiger partial charge in [0.05, 0.1) is 11.4 Å². The molecule has 1 nitrogen and oxygen atoms in total. The first-order chi connectivity index (χ1) is 3.18. The van der Waals surface area contributed by atoms with Crippen molar-refractivity contribution in [3.63, 3.8) is 0 Å². The van der Waals surface area contributed by atoms with Gasteiger partial charge in [-0.25, -0.2) is 0 Å². The third-order valence-corrected chi connectivity index (χ3v) is 1.68. The molecule has 4 heteroatoms. The Balaban J connectivity index is 0. The van der Waals surface area contributed by atoms with Crippen LogP contribution in [0.1, 0.15) is 0 Å². The first-order valence-electron chi connectivity index (χ1n) is 2.05. The fraction of sp³-hybridized carbons (Fsp3) is 1.00. The van der Waals surface area contributed by atoms with E-state index in [0.29, 0.717) is 5.88 Å². The van der Waals surface area contributed by atoms with Crippen molar-refractivity contribution in [1.82, 2.24) is 4.90 Å². The van der Waals surface area contributed by atoms with Crippen LogP contribution in [0.2, 0.25) is 0 Å². The molecule has 0 rings (SSSR count). The maximum absolute atomic E-state index is 5.59. The van der Waals surface area contributed by atoms with E-state index >= 15 is 0 Å². The summed E-state index contributed by atoms with van der Waals surface area (Å²) in [5, 5.41) is 0. The van der Waals surface area contributed by atoms with Crippen LogP contribution >= 0.6 is 35.6 Å². The summed E-state index contributed by atoms with van der Waals surface area (Å²) in [7, 11) is 3.78. The topological polar surface area (TPSA) is 3.24 Å². The monoisotopic (exact) mass is 177 g/mol. The minimum Gasteiger partial charge on any atom is -0.293 e. The lowest BCUT2D eigenvalue weighted by atomic mass is 10.7. The molecule has 1 unspecified atom stereocenters. The maximum atomic E-state index is 5.59. The molecule has 1 atom stereocenters. The van der Waals surface area contributed by atoms with E-state index in [9.17, 15) is 0 Å². The second kappa shape index (κ2) is 5.96. The molecule has 0 aromatic heterocycles. The molecule has 0 saturated carbocycles. The smallest absolute Gasteiger partial charge is 0.0982 e. The minimum absolute atomic E-state index is 0. The number of alkyl halides is 2. The van der Waals surface area contributed by atoms with Gasteiger partial charge in [0.2, 0.25) is 0 Å². The summed E-state index contributed by atoms with van der Waals surface area (Å²) >= 11 is 11.0. The van der Waals surface area contributed by atoms with Crippen LogP contribution in [0.25, 0.3) is 0 Å². The Morgan fingerprint density at radius 2 is 1.88 bits per heavy atom. The highest BCUT2D eigenvalue weighted by Crippen LogP contribution is 1.99. The summed E-state index contributed by atoms with van der Waals surface area (Å²) in [5.41, 5.74) is -0.0262. The van der Waals surface area contributed by atoms with Gasteiger partial charge in [-0.15, -0.1) is 35.6 Å². The van der Waals surface area contributed by atoms with Gasteiger partial charge in [0.25, 0.3) is 0 Å². The van der Waals surface area contributed by atoms with Crippen molar-refractivity contribution in [2.24, 2.45) is 0 Å². The molecule has 52 valence electrons. The molecular formula is C4H10Cl3N. The summed E-state index contributed by atoms with van der Waals surface area (Å²) in [5.74, 6) is 0.481. The van der Waals surface area contributed by atoms with E-state index in [1.165, 1.54) is 0 Å². The summed E-state index contributed by atoms with van der Waals surface area (Å²) in [6, 6.07) is 0. The Bertz CT molecular complexity index is 48.5. The molecule has 0 spiro atoms. The average Bonchev–Trinajstić information content (AvgIpc) is 1.65. The Hall–Kier alpha value is 0.830. The fourth-order valence-electron chi connectivity index (χ4n) is 0.138. The van der Waals surface area contributed by atoms with Crippen LogP contribution in [0, 0.1) is 0 Å². The third kappa shape index (κ3) is 4.98. The van der Waals surface area contributed by atoms with E-state index in [0.717, 1.165) is 0 Å². The lowest BCUT2D eigenvalue weighted by Gasteiger charge is -2.12. The van der Waals surface area contributed by atoms with Crippen LogP contribution in [0.5, 0.6) is 0 Å². The summed E-state index contributed by atoms with van der Waals surface area (Å²) in [6.45, 7) is 0. The quantitative estimate of drug-likeness (QED) is 0.460. The van der Waals surface area contributed by atoms with Gasteiger partial charge in [0.15, 0.2) is 0 Å². The molecule has 0 bridgehead atoms. The highest BCUT2D eigenvalue weighted by Gasteiger charge is 2.01. The zero-order valence-electron chi connectivity index (χ0n) is 4.90. The van der Waals surface area contributed by atoms with Crippen LogP contribution < -0.4 is 0 Å². The lowest BCUT2D eigenvalue weighted by Crippen LogP contribution is -2.23. The Morgan fingerprint density at radius 1 is 1.50 bits per heavy atom. The summed E-state index contributed by atoms with van der Waals surface area (Å²) in [4.78, 5) is 1.86. The third-order valence-electron chi connectivity index (χ3n) is 0.688. The predicted molar refractivity (Wildman–Crippen MR) is 41.3 cm³/mol. The molecule has 0 radical (unpaired) electrons. The van der Waals surface area contributed by atoms with E-state index in [1.807, 2.05) is 19.0 Å². The molecule has 0 aliphatic rings. The molecule has 0 aliphatic carbocycles. The van der Waals surface area contributed by atoms with E-state index in [-0.39, 0.29) is 17.9 Å². The molecule has 0 aromatic carbocycles. The zero-order chi connectivity index (χ0) is 5.86. The van der Waals surface area contributed by atoms with Crippen LogP contribution in [0.15, 0.2) is 0 Å². The number of halogens is 3. The lowest BCUT2D eigenvalue weighted by molar-refractivity contribution is 0.399. The first-order valence-corrected chi connectivity index (χ1v) is 3.02. The van der Waals surface area contributed by atoms with Crippen molar-refractivity contribution in [3.05, 3.63) is 0 Å². The molecule has 0 N–H and O–H groups in total. The molecule has 0 aromatic rings. The highest BCUT2D eigenvalue weighted by molar-refractivity contribution is 6.27. The Kier molecular flexibility index (Phi) is 8.64. The van der Waals surface area contributed by atoms with Crippen LogP contribution in [-0.2, 0) is 0 Å². The van der Waals surface area contributed by atoms with Crippen molar-refractivity contribution in [1.29, 1.82) is 0 Å². The van der Waals surface area contributed by atoms with Crippen LogP contribution in [0.4, 0.5) is 0 Å². The van der Waals surface area contributed by atoms with E-state index in [1.54, 1.807) is 0 Å². The van der Waals surface area contributed by atoms with E-state index in [2.05, 4.69) is 0 Å². The summed E-state index contributed by atoms with van der Waals surface area (Å²) < 4.78 is 0. The van der Waals surface area contributed by atoms with Crippen molar-refractivity contribution < 1.29 is 0 Å². The number of nitrogens with zero attached hydrogens (tertiary/aromatic N) is 1. The maximum Gasteiger partial charge on any atom is 0.0982 e. The number of hydrogen-bond donors (Lipinski definition) is 0. The predicted octanol–water partition coefficient (Wildman–Crippen LogP) is 1.77.